The number of hydrogen-bond donors (Lipinski definition) is 1. The summed E-state index contributed by atoms with van der Waals surface area (Å²) in [5, 5.41) is 3.40. The average molecular weight is 478 g/mol. The Labute approximate surface area is 204 Å². The zero-order chi connectivity index (χ0) is 24.3. The van der Waals surface area contributed by atoms with Gasteiger partial charge >= 0.3 is 6.18 Å². The molecule has 3 aromatic carbocycles. The van der Waals surface area contributed by atoms with Gasteiger partial charge in [0.1, 0.15) is 0 Å². The molecule has 0 saturated carbocycles. The Hall–Kier alpha value is -2.89. The smallest absolute Gasteiger partial charge is 0.376 e. The van der Waals surface area contributed by atoms with E-state index in [2.05, 4.69) is 29.6 Å². The standard InChI is InChI=1S/C30H30F3NO/c31-30(32,33)28-17-22(16-26(19-28)25-11-10-23-6-4-5-7-24(23)18-25)20-35-21-29(12-14-34-15-13-29)27-8-2-1-3-9-27/h1-3,5,7-11,16-19,34H,4,6,12-15,20-21H2. The number of allylic oxidation sites excluding steroid dienone is 1. The highest BCUT2D eigenvalue weighted by atomic mass is 19.4. The minimum absolute atomic E-state index is 0.123. The van der Waals surface area contributed by atoms with E-state index in [0.717, 1.165) is 49.9 Å². The summed E-state index contributed by atoms with van der Waals surface area (Å²) < 4.78 is 47.5. The van der Waals surface area contributed by atoms with Gasteiger partial charge in [-0.15, -0.1) is 0 Å². The van der Waals surface area contributed by atoms with Gasteiger partial charge in [-0.3, -0.25) is 0 Å². The number of benzene rings is 3. The van der Waals surface area contributed by atoms with Crippen LogP contribution < -0.4 is 5.32 Å². The number of rotatable bonds is 6. The summed E-state index contributed by atoms with van der Waals surface area (Å²) >= 11 is 0. The van der Waals surface area contributed by atoms with Gasteiger partial charge in [0.25, 0.3) is 0 Å². The van der Waals surface area contributed by atoms with Gasteiger partial charge in [0, 0.05) is 5.41 Å². The van der Waals surface area contributed by atoms with Crippen LogP contribution >= 0.6 is 0 Å². The molecular formula is C30H30F3NO. The maximum Gasteiger partial charge on any atom is 0.416 e. The van der Waals surface area contributed by atoms with Crippen molar-refractivity contribution in [2.75, 3.05) is 19.7 Å². The first-order chi connectivity index (χ1) is 16.9. The molecule has 1 saturated heterocycles. The molecule has 5 heteroatoms. The Balaban J connectivity index is 1.40. The van der Waals surface area contributed by atoms with Crippen LogP contribution in [-0.4, -0.2) is 19.7 Å². The van der Waals surface area contributed by atoms with E-state index in [4.69, 9.17) is 4.74 Å². The molecule has 0 unspecified atom stereocenters. The number of halogens is 3. The van der Waals surface area contributed by atoms with Gasteiger partial charge in [0.2, 0.25) is 0 Å². The minimum Gasteiger partial charge on any atom is -0.376 e. The molecule has 3 aromatic rings. The van der Waals surface area contributed by atoms with Crippen LogP contribution in [0.1, 0.15) is 47.1 Å². The highest BCUT2D eigenvalue weighted by Gasteiger charge is 2.34. The fourth-order valence-electron chi connectivity index (χ4n) is 5.29. The van der Waals surface area contributed by atoms with Crippen molar-refractivity contribution >= 4 is 6.08 Å². The normalized spacial score (nSPS) is 17.2. The maximum atomic E-state index is 13.8. The quantitative estimate of drug-likeness (QED) is 0.406. The molecule has 1 heterocycles. The van der Waals surface area contributed by atoms with Gasteiger partial charge in [-0.2, -0.15) is 13.2 Å². The number of fused-ring (bicyclic) bond motifs is 1. The van der Waals surface area contributed by atoms with E-state index in [0.29, 0.717) is 17.7 Å². The SMILES string of the molecule is FC(F)(F)c1cc(COCC2(c3ccccc3)CCNCC2)cc(-c2ccc3c(c2)C=CCC3)c1. The summed E-state index contributed by atoms with van der Waals surface area (Å²) in [5.41, 5.74) is 4.69. The summed E-state index contributed by atoms with van der Waals surface area (Å²) in [5.74, 6) is 0. The van der Waals surface area contributed by atoms with Crippen LogP contribution in [0.2, 0.25) is 0 Å². The lowest BCUT2D eigenvalue weighted by Gasteiger charge is -2.38. The van der Waals surface area contributed by atoms with Crippen LogP contribution in [0.25, 0.3) is 17.2 Å². The molecule has 0 bridgehead atoms. The van der Waals surface area contributed by atoms with E-state index >= 15 is 0 Å². The molecule has 35 heavy (non-hydrogen) atoms. The third kappa shape index (κ3) is 5.36. The predicted octanol–water partition coefficient (Wildman–Crippen LogP) is 7.17. The number of ether oxygens (including phenoxy) is 1. The second kappa shape index (κ2) is 10.00. The van der Waals surface area contributed by atoms with Crippen molar-refractivity contribution in [2.45, 2.75) is 43.9 Å². The minimum atomic E-state index is -4.42. The molecule has 1 fully saturated rings. The molecule has 1 aliphatic heterocycles. The molecule has 0 spiro atoms. The van der Waals surface area contributed by atoms with Crippen LogP contribution in [0.15, 0.2) is 72.8 Å². The number of alkyl halides is 3. The highest BCUT2D eigenvalue weighted by Crippen LogP contribution is 2.36. The van der Waals surface area contributed by atoms with Gasteiger partial charge in [0.15, 0.2) is 0 Å². The lowest BCUT2D eigenvalue weighted by Crippen LogP contribution is -2.43. The van der Waals surface area contributed by atoms with Crippen molar-refractivity contribution < 1.29 is 17.9 Å². The van der Waals surface area contributed by atoms with Crippen molar-refractivity contribution in [3.05, 3.63) is 101 Å². The number of piperidine rings is 1. The zero-order valence-electron chi connectivity index (χ0n) is 19.7. The topological polar surface area (TPSA) is 21.3 Å². The van der Waals surface area contributed by atoms with E-state index < -0.39 is 11.7 Å². The average Bonchev–Trinajstić information content (AvgIpc) is 2.89. The summed E-state index contributed by atoms with van der Waals surface area (Å²) in [6, 6.07) is 20.6. The molecule has 182 valence electrons. The Morgan fingerprint density at radius 1 is 0.886 bits per heavy atom. The molecule has 2 nitrogen and oxygen atoms in total. The first kappa shape index (κ1) is 23.8. The van der Waals surface area contributed by atoms with Crippen molar-refractivity contribution in [1.29, 1.82) is 0 Å². The lowest BCUT2D eigenvalue weighted by molar-refractivity contribution is -0.137. The molecule has 0 amide bonds. The third-order valence-corrected chi connectivity index (χ3v) is 7.27. The number of aryl methyl sites for hydroxylation is 1. The van der Waals surface area contributed by atoms with Gasteiger partial charge < -0.3 is 10.1 Å². The molecule has 0 aromatic heterocycles. The maximum absolute atomic E-state index is 13.8. The molecule has 1 N–H and O–H groups in total. The lowest BCUT2D eigenvalue weighted by atomic mass is 9.74. The summed E-state index contributed by atoms with van der Waals surface area (Å²) in [6.45, 7) is 2.43. The Kier molecular flexibility index (Phi) is 6.81. The molecular weight excluding hydrogens is 447 g/mol. The fourth-order valence-corrected chi connectivity index (χ4v) is 5.29. The number of nitrogens with one attached hydrogen (secondary N) is 1. The van der Waals surface area contributed by atoms with Crippen molar-refractivity contribution in [1.82, 2.24) is 5.32 Å². The molecule has 0 radical (unpaired) electrons. The second-order valence-corrected chi connectivity index (χ2v) is 9.66. The number of hydrogen-bond acceptors (Lipinski definition) is 2. The Morgan fingerprint density at radius 2 is 1.69 bits per heavy atom. The van der Waals surface area contributed by atoms with E-state index in [-0.39, 0.29) is 12.0 Å². The second-order valence-electron chi connectivity index (χ2n) is 9.66. The van der Waals surface area contributed by atoms with Crippen LogP contribution in [-0.2, 0) is 29.4 Å². The third-order valence-electron chi connectivity index (χ3n) is 7.27. The Morgan fingerprint density at radius 3 is 2.46 bits per heavy atom. The largest absolute Gasteiger partial charge is 0.416 e. The van der Waals surface area contributed by atoms with E-state index in [9.17, 15) is 13.2 Å². The summed E-state index contributed by atoms with van der Waals surface area (Å²) in [7, 11) is 0. The fraction of sp³-hybridized carbons (Fsp3) is 0.333. The van der Waals surface area contributed by atoms with E-state index in [1.807, 2.05) is 42.5 Å². The monoisotopic (exact) mass is 477 g/mol. The van der Waals surface area contributed by atoms with Crippen molar-refractivity contribution in [3.63, 3.8) is 0 Å². The first-order valence-electron chi connectivity index (χ1n) is 12.3. The van der Waals surface area contributed by atoms with Gasteiger partial charge in [-0.25, -0.2) is 0 Å². The van der Waals surface area contributed by atoms with E-state index in [1.54, 1.807) is 0 Å². The van der Waals surface area contributed by atoms with Crippen LogP contribution in [0.5, 0.6) is 0 Å². The van der Waals surface area contributed by atoms with E-state index in [1.165, 1.54) is 23.3 Å². The predicted molar refractivity (Wildman–Crippen MR) is 134 cm³/mol. The molecule has 1 aliphatic carbocycles. The summed E-state index contributed by atoms with van der Waals surface area (Å²) in [6.07, 6.45) is 3.59. The zero-order valence-corrected chi connectivity index (χ0v) is 19.7. The van der Waals surface area contributed by atoms with Crippen LogP contribution in [0, 0.1) is 0 Å². The highest BCUT2D eigenvalue weighted by molar-refractivity contribution is 5.71. The van der Waals surface area contributed by atoms with Crippen LogP contribution in [0.3, 0.4) is 0 Å². The van der Waals surface area contributed by atoms with Crippen molar-refractivity contribution in [2.24, 2.45) is 0 Å². The Bertz CT molecular complexity index is 1190. The van der Waals surface area contributed by atoms with Crippen molar-refractivity contribution in [3.8, 4) is 11.1 Å². The molecule has 0 atom stereocenters. The summed E-state index contributed by atoms with van der Waals surface area (Å²) in [4.78, 5) is 0. The van der Waals surface area contributed by atoms with Crippen LogP contribution in [0.4, 0.5) is 13.2 Å². The molecule has 5 rings (SSSR count). The molecule has 2 aliphatic rings. The first-order valence-corrected chi connectivity index (χ1v) is 12.3. The van der Waals surface area contributed by atoms with Gasteiger partial charge in [-0.05, 0) is 96.4 Å². The van der Waals surface area contributed by atoms with Gasteiger partial charge in [0.05, 0.1) is 18.8 Å². The van der Waals surface area contributed by atoms with Gasteiger partial charge in [-0.1, -0.05) is 54.6 Å².